The Balaban J connectivity index is 1.99. The van der Waals surface area contributed by atoms with Gasteiger partial charge < -0.3 is 19.1 Å². The number of hydrogen-bond acceptors (Lipinski definition) is 7. The van der Waals surface area contributed by atoms with E-state index in [-0.39, 0.29) is 24.6 Å². The van der Waals surface area contributed by atoms with Gasteiger partial charge in [-0.3, -0.25) is 4.68 Å². The topological polar surface area (TPSA) is 82.9 Å². The molecule has 0 bridgehead atoms. The number of methoxy groups -OCH3 is 2. The van der Waals surface area contributed by atoms with E-state index in [9.17, 15) is 9.59 Å². The molecule has 0 amide bonds. The number of carbonyl (C=O) groups is 2. The van der Waals surface area contributed by atoms with Gasteiger partial charge in [-0.25, -0.2) is 9.59 Å². The first-order valence-electron chi connectivity index (χ1n) is 7.90. The first-order valence-corrected chi connectivity index (χ1v) is 7.90. The lowest BCUT2D eigenvalue weighted by molar-refractivity contribution is -0.140. The third kappa shape index (κ3) is 3.18. The largest absolute Gasteiger partial charge is 0.466 e. The monoisotopic (exact) mass is 357 g/mol. The Morgan fingerprint density at radius 2 is 1.77 bits per heavy atom. The molecule has 0 saturated carbocycles. The standard InChI is InChI=1S/C18H19N3O5/c1-20-15(8-9-19-20)12-4-6-13(7-5-12)21-11-26-10-14(17(22)24-2)16(21)18(23)25-3/h4-9H,10-11H2,1-3H3. The molecule has 0 unspecified atom stereocenters. The summed E-state index contributed by atoms with van der Waals surface area (Å²) in [6.07, 6.45) is 1.72. The van der Waals surface area contributed by atoms with E-state index in [1.54, 1.807) is 15.8 Å². The van der Waals surface area contributed by atoms with Crippen molar-refractivity contribution in [3.63, 3.8) is 0 Å². The SMILES string of the molecule is COC(=O)C1=C(C(=O)OC)N(c2ccc(-c3ccnn3C)cc2)COC1. The summed E-state index contributed by atoms with van der Waals surface area (Å²) in [4.78, 5) is 25.9. The minimum absolute atomic E-state index is 0.0132. The van der Waals surface area contributed by atoms with Crippen LogP contribution in [-0.4, -0.2) is 49.3 Å². The first-order chi connectivity index (χ1) is 12.6. The van der Waals surface area contributed by atoms with Crippen LogP contribution in [0.15, 0.2) is 47.8 Å². The number of aryl methyl sites for hydroxylation is 1. The smallest absolute Gasteiger partial charge is 0.355 e. The molecule has 0 fully saturated rings. The van der Waals surface area contributed by atoms with Gasteiger partial charge >= 0.3 is 11.9 Å². The quantitative estimate of drug-likeness (QED) is 0.767. The molecule has 8 heteroatoms. The zero-order valence-corrected chi connectivity index (χ0v) is 14.8. The summed E-state index contributed by atoms with van der Waals surface area (Å²) >= 11 is 0. The summed E-state index contributed by atoms with van der Waals surface area (Å²) in [5.74, 6) is -1.24. The Bertz CT molecular complexity index is 854. The Hall–Kier alpha value is -3.13. The maximum atomic E-state index is 12.3. The Kier molecular flexibility index (Phi) is 5.04. The number of rotatable bonds is 4. The van der Waals surface area contributed by atoms with Gasteiger partial charge in [0.25, 0.3) is 0 Å². The molecule has 26 heavy (non-hydrogen) atoms. The lowest BCUT2D eigenvalue weighted by Gasteiger charge is -2.31. The molecule has 0 saturated heterocycles. The average molecular weight is 357 g/mol. The van der Waals surface area contributed by atoms with Crippen molar-refractivity contribution >= 4 is 17.6 Å². The fourth-order valence-electron chi connectivity index (χ4n) is 2.82. The molecule has 1 aromatic heterocycles. The predicted molar refractivity (Wildman–Crippen MR) is 93.0 cm³/mol. The van der Waals surface area contributed by atoms with Crippen LogP contribution in [0, 0.1) is 0 Å². The molecule has 136 valence electrons. The van der Waals surface area contributed by atoms with Crippen molar-refractivity contribution in [2.45, 2.75) is 0 Å². The van der Waals surface area contributed by atoms with E-state index in [2.05, 4.69) is 5.10 Å². The molecule has 3 rings (SSSR count). The predicted octanol–water partition coefficient (Wildman–Crippen LogP) is 1.48. The molecular weight excluding hydrogens is 338 g/mol. The molecule has 1 aliphatic heterocycles. The summed E-state index contributed by atoms with van der Waals surface area (Å²) in [6, 6.07) is 9.42. The molecular formula is C18H19N3O5. The summed E-state index contributed by atoms with van der Waals surface area (Å²) in [5.41, 5.74) is 2.88. The van der Waals surface area contributed by atoms with Gasteiger partial charge in [0.15, 0.2) is 0 Å². The zero-order chi connectivity index (χ0) is 18.7. The molecule has 8 nitrogen and oxygen atoms in total. The van der Waals surface area contributed by atoms with Crippen molar-refractivity contribution < 1.29 is 23.8 Å². The van der Waals surface area contributed by atoms with E-state index < -0.39 is 11.9 Å². The van der Waals surface area contributed by atoms with Gasteiger partial charge in [0.1, 0.15) is 12.4 Å². The van der Waals surface area contributed by atoms with E-state index in [4.69, 9.17) is 14.2 Å². The third-order valence-electron chi connectivity index (χ3n) is 4.13. The van der Waals surface area contributed by atoms with Crippen molar-refractivity contribution in [1.82, 2.24) is 9.78 Å². The second-order valence-electron chi connectivity index (χ2n) is 5.60. The molecule has 2 heterocycles. The second kappa shape index (κ2) is 7.40. The molecule has 2 aromatic rings. The number of benzene rings is 1. The summed E-state index contributed by atoms with van der Waals surface area (Å²) < 4.78 is 16.8. The van der Waals surface area contributed by atoms with Gasteiger partial charge in [-0.2, -0.15) is 5.10 Å². The van der Waals surface area contributed by atoms with Crippen LogP contribution in [0.1, 0.15) is 0 Å². The highest BCUT2D eigenvalue weighted by Gasteiger charge is 2.32. The van der Waals surface area contributed by atoms with Gasteiger partial charge in [0.2, 0.25) is 0 Å². The van der Waals surface area contributed by atoms with E-state index in [0.717, 1.165) is 11.3 Å². The van der Waals surface area contributed by atoms with E-state index in [0.29, 0.717) is 5.69 Å². The normalized spacial score (nSPS) is 14.3. The molecule has 0 radical (unpaired) electrons. The van der Waals surface area contributed by atoms with Crippen LogP contribution in [0.3, 0.4) is 0 Å². The zero-order valence-electron chi connectivity index (χ0n) is 14.8. The fraction of sp³-hybridized carbons (Fsp3) is 0.278. The summed E-state index contributed by atoms with van der Waals surface area (Å²) in [5, 5.41) is 4.16. The third-order valence-corrected chi connectivity index (χ3v) is 4.13. The lowest BCUT2D eigenvalue weighted by Crippen LogP contribution is -2.38. The van der Waals surface area contributed by atoms with Crippen LogP contribution in [0.2, 0.25) is 0 Å². The molecule has 0 N–H and O–H groups in total. The van der Waals surface area contributed by atoms with Gasteiger partial charge in [-0.15, -0.1) is 0 Å². The van der Waals surface area contributed by atoms with Crippen molar-refractivity contribution in [3.05, 3.63) is 47.8 Å². The Morgan fingerprint density at radius 1 is 1.08 bits per heavy atom. The number of hydrogen-bond donors (Lipinski definition) is 0. The van der Waals surface area contributed by atoms with Crippen molar-refractivity contribution in [1.29, 1.82) is 0 Å². The lowest BCUT2D eigenvalue weighted by atomic mass is 10.1. The van der Waals surface area contributed by atoms with E-state index in [1.165, 1.54) is 14.2 Å². The van der Waals surface area contributed by atoms with Gasteiger partial charge in [-0.05, 0) is 23.8 Å². The fourth-order valence-corrected chi connectivity index (χ4v) is 2.82. The van der Waals surface area contributed by atoms with Crippen LogP contribution < -0.4 is 4.90 Å². The van der Waals surface area contributed by atoms with E-state index in [1.807, 2.05) is 37.4 Å². The molecule has 1 aliphatic rings. The van der Waals surface area contributed by atoms with Crippen molar-refractivity contribution in [2.24, 2.45) is 7.05 Å². The van der Waals surface area contributed by atoms with Crippen LogP contribution in [0.5, 0.6) is 0 Å². The van der Waals surface area contributed by atoms with Crippen molar-refractivity contribution in [2.75, 3.05) is 32.5 Å². The minimum atomic E-state index is -0.624. The molecule has 0 atom stereocenters. The second-order valence-corrected chi connectivity index (χ2v) is 5.60. The van der Waals surface area contributed by atoms with Crippen molar-refractivity contribution in [3.8, 4) is 11.3 Å². The van der Waals surface area contributed by atoms with Gasteiger partial charge in [0.05, 0.1) is 32.1 Å². The number of nitrogens with zero attached hydrogens (tertiary/aromatic N) is 3. The summed E-state index contributed by atoms with van der Waals surface area (Å²) in [7, 11) is 4.39. The number of ether oxygens (including phenoxy) is 3. The highest BCUT2D eigenvalue weighted by atomic mass is 16.5. The average Bonchev–Trinajstić information content (AvgIpc) is 3.12. The molecule has 0 spiro atoms. The molecule has 1 aromatic carbocycles. The number of esters is 2. The van der Waals surface area contributed by atoms with Gasteiger partial charge in [0, 0.05) is 18.9 Å². The first kappa shape index (κ1) is 17.7. The number of anilines is 1. The Labute approximate surface area is 150 Å². The van der Waals surface area contributed by atoms with Crippen LogP contribution in [0.4, 0.5) is 5.69 Å². The number of aromatic nitrogens is 2. The van der Waals surface area contributed by atoms with Crippen LogP contribution >= 0.6 is 0 Å². The van der Waals surface area contributed by atoms with Crippen LogP contribution in [-0.2, 0) is 30.8 Å². The molecule has 0 aliphatic carbocycles. The highest BCUT2D eigenvalue weighted by molar-refractivity contribution is 6.03. The minimum Gasteiger partial charge on any atom is -0.466 e. The Morgan fingerprint density at radius 3 is 2.35 bits per heavy atom. The van der Waals surface area contributed by atoms with Crippen LogP contribution in [0.25, 0.3) is 11.3 Å². The number of carbonyl (C=O) groups excluding carboxylic acids is 2. The maximum absolute atomic E-state index is 12.3. The maximum Gasteiger partial charge on any atom is 0.355 e. The van der Waals surface area contributed by atoms with E-state index >= 15 is 0 Å². The summed E-state index contributed by atoms with van der Waals surface area (Å²) in [6.45, 7) is 0.108. The van der Waals surface area contributed by atoms with Gasteiger partial charge in [-0.1, -0.05) is 12.1 Å². The highest BCUT2D eigenvalue weighted by Crippen LogP contribution is 2.29.